The average Bonchev–Trinajstić information content (AvgIpc) is 2.88. The van der Waals surface area contributed by atoms with Crippen LogP contribution in [0.25, 0.3) is 0 Å². The molecule has 0 aromatic carbocycles. The number of nitrogens with zero attached hydrogens (tertiary/aromatic N) is 1. The van der Waals surface area contributed by atoms with Crippen LogP contribution < -0.4 is 11.5 Å². The second kappa shape index (κ2) is 5.26. The second-order valence-corrected chi connectivity index (χ2v) is 5.93. The van der Waals surface area contributed by atoms with E-state index in [-0.39, 0.29) is 12.3 Å². The summed E-state index contributed by atoms with van der Waals surface area (Å²) in [5.41, 5.74) is 10.7. The van der Waals surface area contributed by atoms with E-state index in [0.29, 0.717) is 5.92 Å². The van der Waals surface area contributed by atoms with Crippen molar-refractivity contribution in [1.29, 1.82) is 0 Å². The van der Waals surface area contributed by atoms with Gasteiger partial charge in [-0.15, -0.1) is 0 Å². The molecule has 2 fully saturated rings. The van der Waals surface area contributed by atoms with E-state index in [4.69, 9.17) is 11.5 Å². The Morgan fingerprint density at radius 2 is 2.06 bits per heavy atom. The minimum Gasteiger partial charge on any atom is -0.370 e. The molecule has 2 rings (SSSR count). The van der Waals surface area contributed by atoms with Gasteiger partial charge in [0.1, 0.15) is 0 Å². The smallest absolute Gasteiger partial charge is 0.239 e. The average molecular weight is 253 g/mol. The van der Waals surface area contributed by atoms with Crippen LogP contribution in [0.15, 0.2) is 0 Å². The minimum absolute atomic E-state index is 0.0696. The molecule has 0 spiro atoms. The number of hydrogen-bond acceptors (Lipinski definition) is 3. The van der Waals surface area contributed by atoms with Gasteiger partial charge in [-0.05, 0) is 37.0 Å². The van der Waals surface area contributed by atoms with Crippen LogP contribution in [0.4, 0.5) is 0 Å². The maximum Gasteiger partial charge on any atom is 0.239 e. The summed E-state index contributed by atoms with van der Waals surface area (Å²) in [7, 11) is 1.77. The number of fused-ring (bicyclic) bond motifs is 2. The lowest BCUT2D eigenvalue weighted by Gasteiger charge is -2.28. The molecule has 0 radical (unpaired) electrons. The van der Waals surface area contributed by atoms with Crippen LogP contribution in [0, 0.1) is 17.8 Å². The Labute approximate surface area is 108 Å². The first kappa shape index (κ1) is 13.3. The maximum atomic E-state index is 12.0. The fourth-order valence-corrected chi connectivity index (χ4v) is 3.63. The molecule has 4 atom stereocenters. The maximum absolute atomic E-state index is 12.0. The summed E-state index contributed by atoms with van der Waals surface area (Å²) in [6, 6.07) is -0.786. The van der Waals surface area contributed by atoms with Gasteiger partial charge in [0, 0.05) is 13.6 Å². The number of amides is 2. The molecule has 18 heavy (non-hydrogen) atoms. The summed E-state index contributed by atoms with van der Waals surface area (Å²) in [4.78, 5) is 24.4. The third kappa shape index (κ3) is 2.83. The molecule has 2 bridgehead atoms. The molecular formula is C13H23N3O2. The van der Waals surface area contributed by atoms with Gasteiger partial charge in [-0.25, -0.2) is 0 Å². The number of carbonyl (C=O) groups excluding carboxylic acids is 2. The van der Waals surface area contributed by atoms with Crippen LogP contribution in [-0.4, -0.2) is 36.3 Å². The molecule has 2 aliphatic rings. The molecule has 102 valence electrons. The van der Waals surface area contributed by atoms with Crippen LogP contribution in [-0.2, 0) is 9.59 Å². The lowest BCUT2D eigenvalue weighted by atomic mass is 9.88. The molecule has 0 heterocycles. The molecule has 4 unspecified atom stereocenters. The zero-order chi connectivity index (χ0) is 13.3. The minimum atomic E-state index is -0.786. The van der Waals surface area contributed by atoms with Crippen molar-refractivity contribution >= 4 is 11.8 Å². The van der Waals surface area contributed by atoms with E-state index < -0.39 is 11.9 Å². The Balaban J connectivity index is 1.82. The summed E-state index contributed by atoms with van der Waals surface area (Å²) in [6.07, 6.45) is 5.18. The van der Waals surface area contributed by atoms with Gasteiger partial charge in [0.15, 0.2) is 0 Å². The molecule has 5 heteroatoms. The van der Waals surface area contributed by atoms with E-state index in [1.807, 2.05) is 0 Å². The SMILES string of the molecule is CN(CC1CC2CCC1C2)C(=O)C(N)CC(N)=O. The standard InChI is InChI=1S/C13H23N3O2/c1-16(13(18)11(14)6-12(15)17)7-10-5-8-2-3-9(10)4-8/h8-11H,2-7,14H2,1H3,(H2,15,17). The molecule has 0 aliphatic heterocycles. The van der Waals surface area contributed by atoms with Crippen molar-refractivity contribution in [3.63, 3.8) is 0 Å². The topological polar surface area (TPSA) is 89.4 Å². The highest BCUT2D eigenvalue weighted by Gasteiger charge is 2.40. The highest BCUT2D eigenvalue weighted by atomic mass is 16.2. The molecule has 0 aromatic rings. The van der Waals surface area contributed by atoms with Crippen molar-refractivity contribution in [2.45, 2.75) is 38.1 Å². The fraction of sp³-hybridized carbons (Fsp3) is 0.846. The number of primary amides is 1. The van der Waals surface area contributed by atoms with Gasteiger partial charge in [-0.2, -0.15) is 0 Å². The van der Waals surface area contributed by atoms with E-state index in [9.17, 15) is 9.59 Å². The Morgan fingerprint density at radius 3 is 2.56 bits per heavy atom. The largest absolute Gasteiger partial charge is 0.370 e. The normalized spacial score (nSPS) is 31.3. The highest BCUT2D eigenvalue weighted by Crippen LogP contribution is 2.48. The number of rotatable bonds is 5. The summed E-state index contributed by atoms with van der Waals surface area (Å²) < 4.78 is 0. The zero-order valence-electron chi connectivity index (χ0n) is 11.0. The van der Waals surface area contributed by atoms with Crippen LogP contribution >= 0.6 is 0 Å². The molecule has 2 amide bonds. The molecule has 0 aromatic heterocycles. The van der Waals surface area contributed by atoms with Crippen molar-refractivity contribution in [2.24, 2.45) is 29.2 Å². The lowest BCUT2D eigenvalue weighted by Crippen LogP contribution is -2.45. The van der Waals surface area contributed by atoms with E-state index in [1.165, 1.54) is 25.7 Å². The molecular weight excluding hydrogens is 230 g/mol. The lowest BCUT2D eigenvalue weighted by molar-refractivity contribution is -0.134. The van der Waals surface area contributed by atoms with Crippen LogP contribution in [0.1, 0.15) is 32.1 Å². The predicted octanol–water partition coefficient (Wildman–Crippen LogP) is 0.0837. The monoisotopic (exact) mass is 253 g/mol. The first-order valence-corrected chi connectivity index (χ1v) is 6.76. The van der Waals surface area contributed by atoms with Crippen molar-refractivity contribution < 1.29 is 9.59 Å². The van der Waals surface area contributed by atoms with Gasteiger partial charge in [-0.3, -0.25) is 9.59 Å². The zero-order valence-corrected chi connectivity index (χ0v) is 11.0. The quantitative estimate of drug-likeness (QED) is 0.727. The van der Waals surface area contributed by atoms with Gasteiger partial charge in [0.2, 0.25) is 11.8 Å². The van der Waals surface area contributed by atoms with E-state index in [0.717, 1.165) is 18.4 Å². The van der Waals surface area contributed by atoms with E-state index in [1.54, 1.807) is 11.9 Å². The van der Waals surface area contributed by atoms with Crippen molar-refractivity contribution in [3.05, 3.63) is 0 Å². The number of carbonyl (C=O) groups is 2. The Bertz CT molecular complexity index is 345. The highest BCUT2D eigenvalue weighted by molar-refractivity contribution is 5.87. The van der Waals surface area contributed by atoms with Crippen LogP contribution in [0.2, 0.25) is 0 Å². The number of nitrogens with two attached hydrogens (primary N) is 2. The summed E-state index contributed by atoms with van der Waals surface area (Å²) in [5, 5.41) is 0. The Morgan fingerprint density at radius 1 is 1.33 bits per heavy atom. The third-order valence-electron chi connectivity index (χ3n) is 4.51. The van der Waals surface area contributed by atoms with E-state index >= 15 is 0 Å². The van der Waals surface area contributed by atoms with Gasteiger partial charge in [0.05, 0.1) is 12.5 Å². The summed E-state index contributed by atoms with van der Waals surface area (Å²) in [6.45, 7) is 0.770. The first-order chi connectivity index (χ1) is 8.47. The molecule has 5 nitrogen and oxygen atoms in total. The third-order valence-corrected chi connectivity index (χ3v) is 4.51. The first-order valence-electron chi connectivity index (χ1n) is 6.76. The fourth-order valence-electron chi connectivity index (χ4n) is 3.63. The summed E-state index contributed by atoms with van der Waals surface area (Å²) >= 11 is 0. The van der Waals surface area contributed by atoms with Crippen LogP contribution in [0.3, 0.4) is 0 Å². The molecule has 2 aliphatic carbocycles. The molecule has 2 saturated carbocycles. The van der Waals surface area contributed by atoms with Gasteiger partial charge in [-0.1, -0.05) is 6.42 Å². The number of likely N-dealkylation sites (N-methyl/N-ethyl adjacent to an activating group) is 1. The van der Waals surface area contributed by atoms with Gasteiger partial charge in [0.25, 0.3) is 0 Å². The Hall–Kier alpha value is -1.10. The van der Waals surface area contributed by atoms with Crippen molar-refractivity contribution in [3.8, 4) is 0 Å². The second-order valence-electron chi connectivity index (χ2n) is 5.93. The summed E-state index contributed by atoms with van der Waals surface area (Å²) in [5.74, 6) is 1.60. The van der Waals surface area contributed by atoms with Gasteiger partial charge >= 0.3 is 0 Å². The molecule has 4 N–H and O–H groups in total. The van der Waals surface area contributed by atoms with Gasteiger partial charge < -0.3 is 16.4 Å². The van der Waals surface area contributed by atoms with Crippen molar-refractivity contribution in [2.75, 3.05) is 13.6 Å². The predicted molar refractivity (Wildman–Crippen MR) is 68.4 cm³/mol. The Kier molecular flexibility index (Phi) is 3.90. The van der Waals surface area contributed by atoms with Crippen LogP contribution in [0.5, 0.6) is 0 Å². The van der Waals surface area contributed by atoms with E-state index in [2.05, 4.69) is 0 Å². The van der Waals surface area contributed by atoms with Crippen molar-refractivity contribution in [1.82, 2.24) is 4.90 Å². The molecule has 0 saturated heterocycles. The number of hydrogen-bond donors (Lipinski definition) is 2.